The second kappa shape index (κ2) is 16.8. The lowest BCUT2D eigenvalue weighted by atomic mass is 10.1. The molecule has 2 aromatic carbocycles. The van der Waals surface area contributed by atoms with Gasteiger partial charge in [0.25, 0.3) is 0 Å². The quantitative estimate of drug-likeness (QED) is 0.124. The van der Waals surface area contributed by atoms with Crippen molar-refractivity contribution in [2.75, 3.05) is 44.3 Å². The first kappa shape index (κ1) is 36.5. The molecule has 16 nitrogen and oxygen atoms in total. The fourth-order valence-electron chi connectivity index (χ4n) is 5.39. The van der Waals surface area contributed by atoms with Gasteiger partial charge in [-0.2, -0.15) is 10.2 Å². The van der Waals surface area contributed by atoms with Crippen LogP contribution in [0.5, 0.6) is 5.75 Å². The van der Waals surface area contributed by atoms with Crippen LogP contribution in [-0.4, -0.2) is 88.4 Å². The number of nitro groups is 1. The Balaban J connectivity index is 0.000000292. The number of hydrogen-bond donors (Lipinski definition) is 2. The van der Waals surface area contributed by atoms with E-state index in [1.807, 2.05) is 23.6 Å². The van der Waals surface area contributed by atoms with E-state index >= 15 is 0 Å². The molecule has 0 spiro atoms. The Kier molecular flexibility index (Phi) is 12.3. The van der Waals surface area contributed by atoms with E-state index in [9.17, 15) is 14.9 Å². The molecule has 2 amide bonds. The van der Waals surface area contributed by atoms with Crippen LogP contribution in [0.2, 0.25) is 10.0 Å². The Hall–Kier alpha value is -4.74. The van der Waals surface area contributed by atoms with E-state index in [0.717, 1.165) is 38.1 Å². The average Bonchev–Trinajstić information content (AvgIpc) is 3.87. The zero-order chi connectivity index (χ0) is 35.7. The molecular weight excluding hydrogens is 693 g/mol. The highest BCUT2D eigenvalue weighted by Gasteiger charge is 2.45. The highest BCUT2D eigenvalue weighted by atomic mass is 35.5. The molecule has 2 saturated heterocycles. The number of rotatable bonds is 11. The first-order valence-corrected chi connectivity index (χ1v) is 16.4. The number of piperazine rings is 1. The van der Waals surface area contributed by atoms with Crippen LogP contribution in [0.4, 0.5) is 16.4 Å². The molecule has 0 radical (unpaired) electrons. The van der Waals surface area contributed by atoms with Crippen LogP contribution in [-0.2, 0) is 21.8 Å². The lowest BCUT2D eigenvalue weighted by Crippen LogP contribution is -2.48. The number of halogens is 2. The van der Waals surface area contributed by atoms with Gasteiger partial charge in [0.15, 0.2) is 5.76 Å². The standard InChI is InChI=1S/C26H31Cl2N5O3.C6H6N4O4/c1-19(2)31-9-11-32(12-10-31)21-4-6-22(7-5-21)34-14-23-15-35-26(36-23,16-33-18-29-17-30-33)24-8-3-20(27)13-25(24)28;7-6(11)9-8-3-4-1-2-5(14-4)10(12)13/h3-8,13,17-19,23H,9-12,14-16H2,1-2H3;1-3H,(H3,7,9,11)/b;8-3+/t23-,26-;/m0./s1. The molecule has 0 aliphatic carbocycles. The number of urea groups is 1. The molecule has 2 aromatic heterocycles. The van der Waals surface area contributed by atoms with Crippen LogP contribution in [0.1, 0.15) is 25.2 Å². The summed E-state index contributed by atoms with van der Waals surface area (Å²) in [4.78, 5) is 28.6. The molecule has 2 atom stereocenters. The number of benzene rings is 2. The molecule has 2 aliphatic heterocycles. The molecule has 6 rings (SSSR count). The molecule has 4 heterocycles. The number of aromatic nitrogens is 3. The molecule has 0 bridgehead atoms. The fourth-order valence-corrected chi connectivity index (χ4v) is 5.94. The Morgan fingerprint density at radius 3 is 2.56 bits per heavy atom. The minimum Gasteiger partial charge on any atom is -0.491 e. The maximum Gasteiger partial charge on any atom is 0.433 e. The summed E-state index contributed by atoms with van der Waals surface area (Å²) < 4.78 is 25.1. The van der Waals surface area contributed by atoms with Crippen molar-refractivity contribution in [3.63, 3.8) is 0 Å². The first-order valence-electron chi connectivity index (χ1n) is 15.7. The predicted octanol–water partition coefficient (Wildman–Crippen LogP) is 4.65. The summed E-state index contributed by atoms with van der Waals surface area (Å²) in [6, 6.07) is 15.8. The summed E-state index contributed by atoms with van der Waals surface area (Å²) in [5.41, 5.74) is 8.52. The zero-order valence-corrected chi connectivity index (χ0v) is 28.9. The number of nitrogens with two attached hydrogens (primary N) is 1. The van der Waals surface area contributed by atoms with Gasteiger partial charge in [-0.05, 0) is 56.3 Å². The Morgan fingerprint density at radius 2 is 1.94 bits per heavy atom. The molecule has 4 aromatic rings. The van der Waals surface area contributed by atoms with Gasteiger partial charge in [-0.3, -0.25) is 15.0 Å². The number of hydrazone groups is 1. The van der Waals surface area contributed by atoms with Crippen LogP contribution in [0.15, 0.2) is 76.8 Å². The lowest BCUT2D eigenvalue weighted by Gasteiger charge is -2.38. The number of amides is 2. The van der Waals surface area contributed by atoms with Gasteiger partial charge in [0.2, 0.25) is 5.79 Å². The number of carbonyl (C=O) groups is 1. The molecule has 50 heavy (non-hydrogen) atoms. The molecule has 3 N–H and O–H groups in total. The minimum atomic E-state index is -1.12. The van der Waals surface area contributed by atoms with E-state index < -0.39 is 22.6 Å². The summed E-state index contributed by atoms with van der Waals surface area (Å²) in [5, 5.41) is 18.7. The van der Waals surface area contributed by atoms with Crippen LogP contribution in [0.25, 0.3) is 0 Å². The van der Waals surface area contributed by atoms with Gasteiger partial charge in [-0.15, -0.1) is 0 Å². The van der Waals surface area contributed by atoms with Gasteiger partial charge < -0.3 is 29.3 Å². The zero-order valence-electron chi connectivity index (χ0n) is 27.4. The second-order valence-corrected chi connectivity index (χ2v) is 12.5. The molecule has 0 unspecified atom stereocenters. The van der Waals surface area contributed by atoms with Crippen molar-refractivity contribution in [2.24, 2.45) is 10.8 Å². The van der Waals surface area contributed by atoms with Crippen molar-refractivity contribution >= 4 is 47.0 Å². The molecule has 0 saturated carbocycles. The Morgan fingerprint density at radius 1 is 1.18 bits per heavy atom. The Bertz CT molecular complexity index is 1750. The maximum absolute atomic E-state index is 10.2. The third-order valence-electron chi connectivity index (χ3n) is 7.88. The molecule has 2 fully saturated rings. The van der Waals surface area contributed by atoms with Gasteiger partial charge in [-0.1, -0.05) is 29.3 Å². The highest BCUT2D eigenvalue weighted by Crippen LogP contribution is 2.40. The normalized spacial score (nSPS) is 19.4. The molecule has 18 heteroatoms. The minimum absolute atomic E-state index is 0.144. The van der Waals surface area contributed by atoms with Crippen molar-refractivity contribution in [2.45, 2.75) is 38.3 Å². The SMILES string of the molecule is CC(C)N1CCN(c2ccc(OC[C@H]3CO[C@](Cn4cncn4)(c4ccc(Cl)cc4Cl)O3)cc2)CC1.NC(=O)N/N=C/c1ccc([N+](=O)[O-])o1. The average molecular weight is 731 g/mol. The Labute approximate surface area is 297 Å². The fraction of sp³-hybridized carbons (Fsp3) is 0.375. The van der Waals surface area contributed by atoms with Crippen molar-refractivity contribution in [3.05, 3.63) is 98.7 Å². The lowest BCUT2D eigenvalue weighted by molar-refractivity contribution is -0.402. The second-order valence-electron chi connectivity index (χ2n) is 11.6. The van der Waals surface area contributed by atoms with Gasteiger partial charge in [0.1, 0.15) is 42.6 Å². The van der Waals surface area contributed by atoms with E-state index in [1.54, 1.807) is 23.1 Å². The van der Waals surface area contributed by atoms with Gasteiger partial charge in [0.05, 0.1) is 23.9 Å². The third kappa shape index (κ3) is 9.70. The summed E-state index contributed by atoms with van der Waals surface area (Å²) >= 11 is 12.7. The number of primary amides is 1. The van der Waals surface area contributed by atoms with Crippen molar-refractivity contribution in [3.8, 4) is 5.75 Å². The largest absolute Gasteiger partial charge is 0.491 e. The van der Waals surface area contributed by atoms with Crippen LogP contribution >= 0.6 is 23.2 Å². The number of nitrogens with zero attached hydrogens (tertiary/aromatic N) is 7. The van der Waals surface area contributed by atoms with Gasteiger partial charge >= 0.3 is 11.9 Å². The monoisotopic (exact) mass is 729 g/mol. The van der Waals surface area contributed by atoms with E-state index in [1.165, 1.54) is 24.1 Å². The maximum atomic E-state index is 10.2. The molecule has 2 aliphatic rings. The molecule has 266 valence electrons. The van der Waals surface area contributed by atoms with Crippen molar-refractivity contribution < 1.29 is 28.3 Å². The summed E-state index contributed by atoms with van der Waals surface area (Å²) in [6.07, 6.45) is 3.90. The van der Waals surface area contributed by atoms with Gasteiger partial charge in [-0.25, -0.2) is 19.9 Å². The van der Waals surface area contributed by atoms with E-state index in [-0.39, 0.29) is 11.9 Å². The van der Waals surface area contributed by atoms with Gasteiger partial charge in [0, 0.05) is 48.5 Å². The summed E-state index contributed by atoms with van der Waals surface area (Å²) in [7, 11) is 0. The summed E-state index contributed by atoms with van der Waals surface area (Å²) in [6.45, 7) is 9.74. The topological polar surface area (TPSA) is 189 Å². The molecular formula is C32H37Cl2N9O7. The number of carbonyl (C=O) groups excluding carboxylic acids is 1. The number of ether oxygens (including phenoxy) is 3. The van der Waals surface area contributed by atoms with Crippen molar-refractivity contribution in [1.82, 2.24) is 25.1 Å². The summed E-state index contributed by atoms with van der Waals surface area (Å²) in [5.74, 6) is -0.580. The number of furan rings is 1. The van der Waals surface area contributed by atoms with Crippen molar-refractivity contribution in [1.29, 1.82) is 0 Å². The predicted molar refractivity (Wildman–Crippen MR) is 186 cm³/mol. The number of nitrogens with one attached hydrogen (secondary N) is 1. The van der Waals surface area contributed by atoms with E-state index in [2.05, 4.69) is 55.4 Å². The van der Waals surface area contributed by atoms with E-state index in [4.69, 9.17) is 43.1 Å². The highest BCUT2D eigenvalue weighted by molar-refractivity contribution is 6.35. The first-order chi connectivity index (χ1) is 24.0. The third-order valence-corrected chi connectivity index (χ3v) is 8.43. The van der Waals surface area contributed by atoms with Crippen LogP contribution < -0.4 is 20.8 Å². The van der Waals surface area contributed by atoms with Crippen LogP contribution in [0, 0.1) is 10.1 Å². The number of hydrogen-bond acceptors (Lipinski definition) is 12. The number of anilines is 1. The van der Waals surface area contributed by atoms with Crippen LogP contribution in [0.3, 0.4) is 0 Å². The van der Waals surface area contributed by atoms with E-state index in [0.29, 0.717) is 41.4 Å². The smallest absolute Gasteiger partial charge is 0.433 e.